The Bertz CT molecular complexity index is 633. The summed E-state index contributed by atoms with van der Waals surface area (Å²) in [5.74, 6) is 0.135. The molecular weight excluding hydrogens is 330 g/mol. The van der Waals surface area contributed by atoms with Crippen molar-refractivity contribution in [3.05, 3.63) is 35.9 Å². The normalized spacial score (nSPS) is 17.2. The SMILES string of the molecule is CC(C)CN(CC(C)C)C(=O)CN1C(=O)NC(Cc2ccccc2)C1=O. The summed E-state index contributed by atoms with van der Waals surface area (Å²) in [7, 11) is 0. The van der Waals surface area contributed by atoms with Crippen molar-refractivity contribution >= 4 is 17.8 Å². The van der Waals surface area contributed by atoms with E-state index in [2.05, 4.69) is 5.32 Å². The van der Waals surface area contributed by atoms with Crippen molar-refractivity contribution in [3.63, 3.8) is 0 Å². The zero-order valence-electron chi connectivity index (χ0n) is 16.1. The van der Waals surface area contributed by atoms with Gasteiger partial charge in [0, 0.05) is 19.5 Å². The fourth-order valence-corrected chi connectivity index (χ4v) is 3.11. The number of amides is 4. The quantitative estimate of drug-likeness (QED) is 0.724. The number of urea groups is 1. The monoisotopic (exact) mass is 359 g/mol. The van der Waals surface area contributed by atoms with Gasteiger partial charge in [-0.3, -0.25) is 14.5 Å². The number of hydrogen-bond acceptors (Lipinski definition) is 3. The highest BCUT2D eigenvalue weighted by Gasteiger charge is 2.39. The van der Waals surface area contributed by atoms with E-state index in [-0.39, 0.29) is 18.4 Å². The first-order valence-electron chi connectivity index (χ1n) is 9.21. The van der Waals surface area contributed by atoms with Crippen LogP contribution in [0.25, 0.3) is 0 Å². The molecule has 1 N–H and O–H groups in total. The van der Waals surface area contributed by atoms with Gasteiger partial charge in [-0.2, -0.15) is 0 Å². The number of nitrogens with one attached hydrogen (secondary N) is 1. The van der Waals surface area contributed by atoms with Crippen LogP contribution < -0.4 is 5.32 Å². The molecule has 0 aromatic heterocycles. The standard InChI is InChI=1S/C20H29N3O3/c1-14(2)11-22(12-15(3)4)18(24)13-23-19(25)17(21-20(23)26)10-16-8-6-5-7-9-16/h5-9,14-15,17H,10-13H2,1-4H3,(H,21,26). The number of carbonyl (C=O) groups is 3. The smallest absolute Gasteiger partial charge is 0.325 e. The van der Waals surface area contributed by atoms with Crippen LogP contribution in [-0.2, 0) is 16.0 Å². The first-order chi connectivity index (χ1) is 12.3. The Labute approximate surface area is 155 Å². The summed E-state index contributed by atoms with van der Waals surface area (Å²) in [5.41, 5.74) is 0.973. The number of carbonyl (C=O) groups excluding carboxylic acids is 3. The molecule has 0 aliphatic carbocycles. The second-order valence-electron chi connectivity index (χ2n) is 7.70. The lowest BCUT2D eigenvalue weighted by Gasteiger charge is -2.27. The lowest BCUT2D eigenvalue weighted by molar-refractivity contribution is -0.138. The zero-order chi connectivity index (χ0) is 19.3. The van der Waals surface area contributed by atoms with Crippen LogP contribution in [0.1, 0.15) is 33.3 Å². The molecule has 1 atom stereocenters. The number of hydrogen-bond donors (Lipinski definition) is 1. The maximum Gasteiger partial charge on any atom is 0.325 e. The van der Waals surface area contributed by atoms with Gasteiger partial charge in [0.1, 0.15) is 12.6 Å². The number of nitrogens with zero attached hydrogens (tertiary/aromatic N) is 2. The van der Waals surface area contributed by atoms with E-state index in [4.69, 9.17) is 0 Å². The fraction of sp³-hybridized carbons (Fsp3) is 0.550. The van der Waals surface area contributed by atoms with Gasteiger partial charge in [-0.05, 0) is 17.4 Å². The molecule has 1 unspecified atom stereocenters. The predicted molar refractivity (Wildman–Crippen MR) is 100 cm³/mol. The van der Waals surface area contributed by atoms with Gasteiger partial charge in [0.25, 0.3) is 5.91 Å². The van der Waals surface area contributed by atoms with Gasteiger partial charge < -0.3 is 10.2 Å². The maximum atomic E-state index is 12.7. The van der Waals surface area contributed by atoms with Gasteiger partial charge in [-0.1, -0.05) is 58.0 Å². The van der Waals surface area contributed by atoms with Crippen LogP contribution in [0.15, 0.2) is 30.3 Å². The summed E-state index contributed by atoms with van der Waals surface area (Å²) >= 11 is 0. The van der Waals surface area contributed by atoms with E-state index in [1.165, 1.54) is 0 Å². The van der Waals surface area contributed by atoms with Gasteiger partial charge >= 0.3 is 6.03 Å². The van der Waals surface area contributed by atoms with Gasteiger partial charge in [-0.15, -0.1) is 0 Å². The van der Waals surface area contributed by atoms with Crippen molar-refractivity contribution in [2.45, 2.75) is 40.2 Å². The highest BCUT2D eigenvalue weighted by Crippen LogP contribution is 2.13. The maximum absolute atomic E-state index is 12.7. The van der Waals surface area contributed by atoms with E-state index in [1.807, 2.05) is 58.0 Å². The van der Waals surface area contributed by atoms with Crippen LogP contribution in [0.2, 0.25) is 0 Å². The molecule has 1 fully saturated rings. The molecule has 0 radical (unpaired) electrons. The van der Waals surface area contributed by atoms with E-state index >= 15 is 0 Å². The van der Waals surface area contributed by atoms with E-state index in [0.717, 1.165) is 10.5 Å². The average Bonchev–Trinajstić information content (AvgIpc) is 2.82. The van der Waals surface area contributed by atoms with Crippen LogP contribution >= 0.6 is 0 Å². The second kappa shape index (κ2) is 8.83. The molecule has 1 aliphatic rings. The van der Waals surface area contributed by atoms with Crippen molar-refractivity contribution in [1.29, 1.82) is 0 Å². The van der Waals surface area contributed by atoms with Crippen molar-refractivity contribution in [2.24, 2.45) is 11.8 Å². The van der Waals surface area contributed by atoms with Gasteiger partial charge in [0.05, 0.1) is 0 Å². The third-order valence-electron chi connectivity index (χ3n) is 4.21. The lowest BCUT2D eigenvalue weighted by Crippen LogP contribution is -2.45. The molecule has 1 aromatic rings. The predicted octanol–water partition coefficient (Wildman–Crippen LogP) is 2.29. The van der Waals surface area contributed by atoms with Crippen molar-refractivity contribution in [3.8, 4) is 0 Å². The van der Waals surface area contributed by atoms with E-state index in [9.17, 15) is 14.4 Å². The molecule has 6 nitrogen and oxygen atoms in total. The topological polar surface area (TPSA) is 69.7 Å². The molecule has 1 heterocycles. The molecule has 0 bridgehead atoms. The largest absolute Gasteiger partial charge is 0.341 e. The first-order valence-corrected chi connectivity index (χ1v) is 9.21. The minimum absolute atomic E-state index is 0.184. The molecule has 6 heteroatoms. The summed E-state index contributed by atoms with van der Waals surface area (Å²) in [5, 5.41) is 2.69. The Morgan fingerprint density at radius 3 is 2.19 bits per heavy atom. The third-order valence-corrected chi connectivity index (χ3v) is 4.21. The van der Waals surface area contributed by atoms with Crippen LogP contribution in [0.3, 0.4) is 0 Å². The summed E-state index contributed by atoms with van der Waals surface area (Å²) in [6.45, 7) is 9.22. The van der Waals surface area contributed by atoms with E-state index < -0.39 is 12.1 Å². The molecule has 1 aliphatic heterocycles. The molecule has 4 amide bonds. The Morgan fingerprint density at radius 2 is 1.65 bits per heavy atom. The molecule has 2 rings (SSSR count). The van der Waals surface area contributed by atoms with Crippen LogP contribution in [-0.4, -0.2) is 53.3 Å². The van der Waals surface area contributed by atoms with Crippen molar-refractivity contribution in [1.82, 2.24) is 15.1 Å². The highest BCUT2D eigenvalue weighted by molar-refractivity contribution is 6.06. The average molecular weight is 359 g/mol. The van der Waals surface area contributed by atoms with Crippen LogP contribution in [0, 0.1) is 11.8 Å². The zero-order valence-corrected chi connectivity index (χ0v) is 16.1. The minimum Gasteiger partial charge on any atom is -0.341 e. The minimum atomic E-state index is -0.610. The first kappa shape index (κ1) is 19.9. The van der Waals surface area contributed by atoms with E-state index in [0.29, 0.717) is 31.3 Å². The summed E-state index contributed by atoms with van der Waals surface area (Å²) in [6, 6.07) is 8.43. The Kier molecular flexibility index (Phi) is 6.77. The molecule has 0 saturated carbocycles. The molecule has 1 aromatic carbocycles. The lowest BCUT2D eigenvalue weighted by atomic mass is 10.1. The Morgan fingerprint density at radius 1 is 1.08 bits per heavy atom. The third kappa shape index (κ3) is 5.31. The van der Waals surface area contributed by atoms with Gasteiger partial charge in [0.2, 0.25) is 5.91 Å². The molecule has 26 heavy (non-hydrogen) atoms. The molecule has 0 spiro atoms. The van der Waals surface area contributed by atoms with Gasteiger partial charge in [0.15, 0.2) is 0 Å². The molecular formula is C20H29N3O3. The van der Waals surface area contributed by atoms with Crippen LogP contribution in [0.4, 0.5) is 4.79 Å². The number of benzene rings is 1. The Balaban J connectivity index is 2.02. The summed E-state index contributed by atoms with van der Waals surface area (Å²) in [4.78, 5) is 40.3. The Hall–Kier alpha value is -2.37. The summed E-state index contributed by atoms with van der Waals surface area (Å²) < 4.78 is 0. The van der Waals surface area contributed by atoms with Crippen molar-refractivity contribution < 1.29 is 14.4 Å². The van der Waals surface area contributed by atoms with Crippen molar-refractivity contribution in [2.75, 3.05) is 19.6 Å². The summed E-state index contributed by atoms with van der Waals surface area (Å²) in [6.07, 6.45) is 0.428. The number of rotatable bonds is 8. The molecule has 1 saturated heterocycles. The van der Waals surface area contributed by atoms with Gasteiger partial charge in [-0.25, -0.2) is 4.79 Å². The number of imide groups is 1. The fourth-order valence-electron chi connectivity index (χ4n) is 3.11. The second-order valence-corrected chi connectivity index (χ2v) is 7.70. The molecule has 142 valence electrons. The highest BCUT2D eigenvalue weighted by atomic mass is 16.2. The van der Waals surface area contributed by atoms with E-state index in [1.54, 1.807) is 4.90 Å². The van der Waals surface area contributed by atoms with Crippen LogP contribution in [0.5, 0.6) is 0 Å².